The van der Waals surface area contributed by atoms with Crippen LogP contribution >= 0.6 is 0 Å². The summed E-state index contributed by atoms with van der Waals surface area (Å²) in [7, 11) is 1.60. The van der Waals surface area contributed by atoms with E-state index in [9.17, 15) is 14.0 Å². The maximum atomic E-state index is 13.5. The number of amides is 3. The van der Waals surface area contributed by atoms with Crippen molar-refractivity contribution < 1.29 is 23.5 Å². The van der Waals surface area contributed by atoms with Gasteiger partial charge in [-0.3, -0.25) is 4.79 Å². The third-order valence-corrected chi connectivity index (χ3v) is 5.55. The molecule has 3 aromatic rings. The number of methoxy groups -OCH3 is 1. The summed E-state index contributed by atoms with van der Waals surface area (Å²) in [5.41, 5.74) is 2.89. The second-order valence-corrected chi connectivity index (χ2v) is 7.95. The number of ether oxygens (including phenoxy) is 2. The van der Waals surface area contributed by atoms with Crippen LogP contribution in [0, 0.1) is 5.82 Å². The lowest BCUT2D eigenvalue weighted by Gasteiger charge is -2.30. The summed E-state index contributed by atoms with van der Waals surface area (Å²) in [6.45, 7) is 2.79. The largest absolute Gasteiger partial charge is 0.497 e. The van der Waals surface area contributed by atoms with E-state index in [0.29, 0.717) is 49.8 Å². The maximum absolute atomic E-state index is 13.5. The number of carbonyl (C=O) groups is 2. The highest BCUT2D eigenvalue weighted by Crippen LogP contribution is 2.28. The molecule has 1 fully saturated rings. The second-order valence-electron chi connectivity index (χ2n) is 7.95. The number of urea groups is 1. The van der Waals surface area contributed by atoms with Crippen LogP contribution in [0.1, 0.15) is 15.9 Å². The minimum atomic E-state index is -0.541. The van der Waals surface area contributed by atoms with E-state index < -0.39 is 11.8 Å². The number of morpholine rings is 1. The first-order valence-corrected chi connectivity index (χ1v) is 11.2. The summed E-state index contributed by atoms with van der Waals surface area (Å²) in [6, 6.07) is 17.7. The SMILES string of the molecule is COc1ccc(CNC(=O)c2ccc(N3CCOCC3)c(NC(=O)Nc3cccc(F)c3)c2)cc1. The van der Waals surface area contributed by atoms with Gasteiger partial charge in [-0.1, -0.05) is 18.2 Å². The van der Waals surface area contributed by atoms with E-state index in [1.165, 1.54) is 18.2 Å². The Labute approximate surface area is 203 Å². The number of hydrogen-bond acceptors (Lipinski definition) is 5. The minimum absolute atomic E-state index is 0.275. The lowest BCUT2D eigenvalue weighted by atomic mass is 10.1. The zero-order valence-corrected chi connectivity index (χ0v) is 19.3. The summed E-state index contributed by atoms with van der Waals surface area (Å²) < 4.78 is 24.1. The van der Waals surface area contributed by atoms with Crippen molar-refractivity contribution in [3.63, 3.8) is 0 Å². The number of rotatable bonds is 7. The Balaban J connectivity index is 1.50. The van der Waals surface area contributed by atoms with Crippen LogP contribution in [0.5, 0.6) is 5.75 Å². The van der Waals surface area contributed by atoms with Crippen molar-refractivity contribution >= 4 is 29.0 Å². The molecule has 0 spiro atoms. The van der Waals surface area contributed by atoms with E-state index in [4.69, 9.17) is 9.47 Å². The Hall–Kier alpha value is -4.11. The first-order valence-electron chi connectivity index (χ1n) is 11.2. The Morgan fingerprint density at radius 2 is 1.77 bits per heavy atom. The van der Waals surface area contributed by atoms with Crippen LogP contribution < -0.4 is 25.6 Å². The van der Waals surface area contributed by atoms with Gasteiger partial charge in [-0.2, -0.15) is 0 Å². The number of benzene rings is 3. The normalized spacial score (nSPS) is 13.1. The molecule has 0 saturated carbocycles. The van der Waals surface area contributed by atoms with E-state index in [1.807, 2.05) is 30.3 Å². The number of halogens is 1. The average molecular weight is 479 g/mol. The van der Waals surface area contributed by atoms with Crippen molar-refractivity contribution in [1.29, 1.82) is 0 Å². The Bertz CT molecular complexity index is 1180. The van der Waals surface area contributed by atoms with Gasteiger partial charge in [0.15, 0.2) is 0 Å². The molecule has 3 N–H and O–H groups in total. The summed E-state index contributed by atoms with van der Waals surface area (Å²) in [5.74, 6) is 0.0151. The summed E-state index contributed by atoms with van der Waals surface area (Å²) in [5, 5.41) is 8.33. The number of nitrogens with one attached hydrogen (secondary N) is 3. The van der Waals surface area contributed by atoms with Gasteiger partial charge in [-0.15, -0.1) is 0 Å². The van der Waals surface area contributed by atoms with Gasteiger partial charge in [0, 0.05) is 30.9 Å². The van der Waals surface area contributed by atoms with Gasteiger partial charge >= 0.3 is 6.03 Å². The van der Waals surface area contributed by atoms with Gasteiger partial charge in [0.05, 0.1) is 31.7 Å². The summed E-state index contributed by atoms with van der Waals surface area (Å²) in [6.07, 6.45) is 0. The quantitative estimate of drug-likeness (QED) is 0.472. The number of nitrogens with zero attached hydrogens (tertiary/aromatic N) is 1. The van der Waals surface area contributed by atoms with Crippen LogP contribution in [0.2, 0.25) is 0 Å². The maximum Gasteiger partial charge on any atom is 0.323 e. The van der Waals surface area contributed by atoms with Crippen LogP contribution in [0.4, 0.5) is 26.2 Å². The first kappa shape index (κ1) is 24.0. The third-order valence-electron chi connectivity index (χ3n) is 5.55. The number of anilines is 3. The molecule has 1 aliphatic heterocycles. The van der Waals surface area contributed by atoms with Crippen molar-refractivity contribution in [3.8, 4) is 5.75 Å². The first-order chi connectivity index (χ1) is 17.0. The average Bonchev–Trinajstić information content (AvgIpc) is 2.88. The molecule has 4 rings (SSSR count). The van der Waals surface area contributed by atoms with E-state index in [1.54, 1.807) is 25.3 Å². The van der Waals surface area contributed by atoms with Crippen molar-refractivity contribution in [3.05, 3.63) is 83.7 Å². The van der Waals surface area contributed by atoms with Crippen molar-refractivity contribution in [2.75, 3.05) is 48.9 Å². The lowest BCUT2D eigenvalue weighted by Crippen LogP contribution is -2.37. The molecule has 0 aromatic heterocycles. The zero-order chi connectivity index (χ0) is 24.6. The highest BCUT2D eigenvalue weighted by Gasteiger charge is 2.18. The monoisotopic (exact) mass is 478 g/mol. The molecule has 0 atom stereocenters. The molecule has 1 aliphatic rings. The molecule has 182 valence electrons. The second kappa shape index (κ2) is 11.3. The van der Waals surface area contributed by atoms with Gasteiger partial charge in [0.2, 0.25) is 0 Å². The molecule has 8 nitrogen and oxygen atoms in total. The van der Waals surface area contributed by atoms with Crippen molar-refractivity contribution in [2.24, 2.45) is 0 Å². The van der Waals surface area contributed by atoms with Gasteiger partial charge in [-0.25, -0.2) is 9.18 Å². The van der Waals surface area contributed by atoms with E-state index in [2.05, 4.69) is 20.9 Å². The minimum Gasteiger partial charge on any atom is -0.497 e. The molecule has 0 radical (unpaired) electrons. The number of carbonyl (C=O) groups excluding carboxylic acids is 2. The van der Waals surface area contributed by atoms with Crippen LogP contribution in [-0.2, 0) is 11.3 Å². The Morgan fingerprint density at radius 1 is 1.00 bits per heavy atom. The van der Waals surface area contributed by atoms with Gasteiger partial charge in [-0.05, 0) is 54.1 Å². The van der Waals surface area contributed by atoms with Crippen LogP contribution in [0.15, 0.2) is 66.7 Å². The topological polar surface area (TPSA) is 91.9 Å². The Kier molecular flexibility index (Phi) is 7.79. The molecule has 1 heterocycles. The van der Waals surface area contributed by atoms with Crippen LogP contribution in [-0.4, -0.2) is 45.4 Å². The van der Waals surface area contributed by atoms with E-state index in [-0.39, 0.29) is 5.91 Å². The molecule has 35 heavy (non-hydrogen) atoms. The van der Waals surface area contributed by atoms with Crippen molar-refractivity contribution in [1.82, 2.24) is 5.32 Å². The molecule has 1 saturated heterocycles. The highest BCUT2D eigenvalue weighted by atomic mass is 19.1. The molecule has 0 bridgehead atoms. The highest BCUT2D eigenvalue weighted by molar-refractivity contribution is 6.04. The summed E-state index contributed by atoms with van der Waals surface area (Å²) >= 11 is 0. The molecule has 9 heteroatoms. The molecule has 3 aromatic carbocycles. The Morgan fingerprint density at radius 3 is 2.49 bits per heavy atom. The fourth-order valence-corrected chi connectivity index (χ4v) is 3.74. The van der Waals surface area contributed by atoms with Gasteiger partial charge in [0.25, 0.3) is 5.91 Å². The predicted octanol–water partition coefficient (Wildman–Crippen LogP) is 4.24. The zero-order valence-electron chi connectivity index (χ0n) is 19.3. The predicted molar refractivity (Wildman–Crippen MR) is 133 cm³/mol. The van der Waals surface area contributed by atoms with E-state index in [0.717, 1.165) is 17.0 Å². The lowest BCUT2D eigenvalue weighted by molar-refractivity contribution is 0.0951. The van der Waals surface area contributed by atoms with Gasteiger partial charge in [0.1, 0.15) is 11.6 Å². The summed E-state index contributed by atoms with van der Waals surface area (Å²) in [4.78, 5) is 27.6. The fourth-order valence-electron chi connectivity index (χ4n) is 3.74. The third kappa shape index (κ3) is 6.48. The molecular weight excluding hydrogens is 451 g/mol. The fraction of sp³-hybridized carbons (Fsp3) is 0.231. The molecule has 0 unspecified atom stereocenters. The number of hydrogen-bond donors (Lipinski definition) is 3. The molecule has 0 aliphatic carbocycles. The van der Waals surface area contributed by atoms with Crippen LogP contribution in [0.3, 0.4) is 0 Å². The van der Waals surface area contributed by atoms with E-state index >= 15 is 0 Å². The smallest absolute Gasteiger partial charge is 0.323 e. The van der Waals surface area contributed by atoms with Crippen molar-refractivity contribution in [2.45, 2.75) is 6.54 Å². The van der Waals surface area contributed by atoms with Gasteiger partial charge < -0.3 is 30.3 Å². The molecule has 3 amide bonds. The standard InChI is InChI=1S/C26H27FN4O4/c1-34-22-8-5-18(6-9-22)17-28-25(32)19-7-10-24(31-11-13-35-14-12-31)23(15-19)30-26(33)29-21-4-2-3-20(27)16-21/h2-10,15-16H,11-14,17H2,1H3,(H,28,32)(H2,29,30,33). The van der Waals surface area contributed by atoms with Crippen LogP contribution in [0.25, 0.3) is 0 Å². The molecular formula is C26H27FN4O4.